The molecule has 46 heavy (non-hydrogen) atoms. The van der Waals surface area contributed by atoms with Gasteiger partial charge < -0.3 is 25.2 Å². The second kappa shape index (κ2) is 15.0. The molecule has 0 spiro atoms. The fourth-order valence-electron chi connectivity index (χ4n) is 4.71. The van der Waals surface area contributed by atoms with E-state index in [1.165, 1.54) is 6.07 Å². The summed E-state index contributed by atoms with van der Waals surface area (Å²) in [6, 6.07) is 37.1. The van der Waals surface area contributed by atoms with Gasteiger partial charge in [-0.05, 0) is 66.6 Å². The summed E-state index contributed by atoms with van der Waals surface area (Å²) >= 11 is 3.36. The average molecular weight is 680 g/mol. The van der Waals surface area contributed by atoms with Crippen molar-refractivity contribution in [2.24, 2.45) is 0 Å². The van der Waals surface area contributed by atoms with Crippen molar-refractivity contribution in [3.05, 3.63) is 143 Å². The van der Waals surface area contributed by atoms with Crippen molar-refractivity contribution in [2.75, 3.05) is 5.32 Å². The van der Waals surface area contributed by atoms with E-state index in [9.17, 15) is 19.5 Å². The predicted octanol–water partition coefficient (Wildman–Crippen LogP) is 7.74. The lowest BCUT2D eigenvalue weighted by Gasteiger charge is -2.19. The molecule has 0 heterocycles. The summed E-state index contributed by atoms with van der Waals surface area (Å²) in [5.41, 5.74) is 2.82. The van der Waals surface area contributed by atoms with Crippen LogP contribution in [0.15, 0.2) is 132 Å². The summed E-state index contributed by atoms with van der Waals surface area (Å²) in [4.78, 5) is 38.6. The predicted molar refractivity (Wildman–Crippen MR) is 180 cm³/mol. The molecule has 5 rings (SSSR count). The average Bonchev–Trinajstić information content (AvgIpc) is 3.06. The minimum absolute atomic E-state index is 0.0428. The van der Waals surface area contributed by atoms with Crippen molar-refractivity contribution in [3.8, 4) is 28.4 Å². The van der Waals surface area contributed by atoms with E-state index in [2.05, 4.69) is 26.6 Å². The van der Waals surface area contributed by atoms with Crippen LogP contribution in [-0.2, 0) is 16.0 Å². The van der Waals surface area contributed by atoms with Crippen LogP contribution in [0.2, 0.25) is 0 Å². The number of hydrogen-bond acceptors (Lipinski definition) is 5. The zero-order valence-corrected chi connectivity index (χ0v) is 26.4. The summed E-state index contributed by atoms with van der Waals surface area (Å²) in [6.07, 6.45) is -0.810. The Kier molecular flexibility index (Phi) is 10.5. The van der Waals surface area contributed by atoms with Crippen LogP contribution < -0.4 is 20.1 Å². The third-order valence-electron chi connectivity index (χ3n) is 7.08. The molecule has 0 aliphatic heterocycles. The van der Waals surface area contributed by atoms with Gasteiger partial charge >= 0.3 is 5.97 Å². The number of anilines is 1. The van der Waals surface area contributed by atoms with Crippen molar-refractivity contribution in [3.63, 3.8) is 0 Å². The fraction of sp³-hybridized carbons (Fsp3) is 0.108. The molecule has 0 bridgehead atoms. The number of ether oxygens (including phenoxy) is 2. The lowest BCUT2D eigenvalue weighted by atomic mass is 9.99. The highest BCUT2D eigenvalue weighted by Crippen LogP contribution is 2.33. The van der Waals surface area contributed by atoms with Crippen LogP contribution in [0, 0.1) is 0 Å². The largest absolute Gasteiger partial charge is 0.481 e. The summed E-state index contributed by atoms with van der Waals surface area (Å²) in [5.74, 6) is -0.370. The van der Waals surface area contributed by atoms with Crippen LogP contribution in [-0.4, -0.2) is 35.0 Å². The Morgan fingerprint density at radius 2 is 1.41 bits per heavy atom. The van der Waals surface area contributed by atoms with Gasteiger partial charge in [0.05, 0.1) is 11.3 Å². The molecule has 232 valence electrons. The number of carbonyl (C=O) groups is 3. The maximum atomic E-state index is 13.4. The van der Waals surface area contributed by atoms with Crippen molar-refractivity contribution < 1.29 is 29.0 Å². The summed E-state index contributed by atoms with van der Waals surface area (Å²) < 4.78 is 12.4. The van der Waals surface area contributed by atoms with Crippen LogP contribution in [0.1, 0.15) is 22.8 Å². The van der Waals surface area contributed by atoms with Gasteiger partial charge in [-0.15, -0.1) is 0 Å². The number of rotatable bonds is 12. The van der Waals surface area contributed by atoms with Crippen molar-refractivity contribution in [1.82, 2.24) is 5.32 Å². The van der Waals surface area contributed by atoms with Crippen molar-refractivity contribution in [2.45, 2.75) is 25.5 Å². The minimum atomic E-state index is -1.23. The first-order valence-electron chi connectivity index (χ1n) is 14.5. The number of benzene rings is 5. The number of para-hydroxylation sites is 3. The van der Waals surface area contributed by atoms with Gasteiger partial charge in [-0.3, -0.25) is 9.59 Å². The van der Waals surface area contributed by atoms with Crippen molar-refractivity contribution in [1.29, 1.82) is 0 Å². The van der Waals surface area contributed by atoms with E-state index in [4.69, 9.17) is 9.47 Å². The lowest BCUT2D eigenvalue weighted by molar-refractivity contribution is -0.139. The first kappa shape index (κ1) is 32.0. The molecular formula is C37H31BrN2O6. The number of hydrogen-bond donors (Lipinski definition) is 3. The molecule has 0 fully saturated rings. The zero-order valence-electron chi connectivity index (χ0n) is 24.9. The van der Waals surface area contributed by atoms with Gasteiger partial charge in [-0.2, -0.15) is 0 Å². The van der Waals surface area contributed by atoms with E-state index >= 15 is 0 Å². The van der Waals surface area contributed by atoms with Crippen LogP contribution in [0.25, 0.3) is 11.1 Å². The Balaban J connectivity index is 1.27. The van der Waals surface area contributed by atoms with Crippen molar-refractivity contribution >= 4 is 39.4 Å². The van der Waals surface area contributed by atoms with Gasteiger partial charge in [0.15, 0.2) is 6.10 Å². The molecule has 0 radical (unpaired) electrons. The molecule has 2 atom stereocenters. The first-order chi connectivity index (χ1) is 22.3. The van der Waals surface area contributed by atoms with E-state index in [0.29, 0.717) is 21.5 Å². The van der Waals surface area contributed by atoms with Crippen LogP contribution >= 0.6 is 15.9 Å². The maximum Gasteiger partial charge on any atom is 0.326 e. The number of carboxylic acid groups (broad SMARTS) is 1. The monoisotopic (exact) mass is 678 g/mol. The van der Waals surface area contributed by atoms with Crippen LogP contribution in [0.3, 0.4) is 0 Å². The molecule has 2 unspecified atom stereocenters. The highest BCUT2D eigenvalue weighted by atomic mass is 79.9. The summed E-state index contributed by atoms with van der Waals surface area (Å²) in [6.45, 7) is 1.60. The topological polar surface area (TPSA) is 114 Å². The zero-order chi connectivity index (χ0) is 32.5. The molecular weight excluding hydrogens is 648 g/mol. The molecule has 5 aromatic carbocycles. The molecule has 2 amide bonds. The Morgan fingerprint density at radius 1 is 0.783 bits per heavy atom. The standard InChI is InChI=1S/C37H31BrN2O6/c1-24(45-28-10-4-2-5-11-28)35(41)39-32-21-20-27(38)23-31(32)36(42)40-33(37(43)44)22-25-16-18-26(19-17-25)30-14-8-9-15-34(30)46-29-12-6-3-7-13-29/h2-21,23-24,33H,22H2,1H3,(H,39,41)(H,40,42)(H,43,44). The molecule has 0 saturated heterocycles. The third-order valence-corrected chi connectivity index (χ3v) is 7.57. The van der Waals surface area contributed by atoms with E-state index in [1.807, 2.05) is 84.9 Å². The highest BCUT2D eigenvalue weighted by Gasteiger charge is 2.24. The van der Waals surface area contributed by atoms with Crippen LogP contribution in [0.4, 0.5) is 5.69 Å². The van der Waals surface area contributed by atoms with Gasteiger partial charge in [0.1, 0.15) is 23.3 Å². The minimum Gasteiger partial charge on any atom is -0.481 e. The normalized spacial score (nSPS) is 12.0. The van der Waals surface area contributed by atoms with Gasteiger partial charge in [0.25, 0.3) is 11.8 Å². The third kappa shape index (κ3) is 8.40. The molecule has 3 N–H and O–H groups in total. The number of carbonyl (C=O) groups excluding carboxylic acids is 2. The van der Waals surface area contributed by atoms with Gasteiger partial charge in [-0.1, -0.05) is 94.8 Å². The smallest absolute Gasteiger partial charge is 0.326 e. The molecule has 5 aromatic rings. The Bertz CT molecular complexity index is 1810. The molecule has 0 aromatic heterocycles. The molecule has 0 saturated carbocycles. The Hall–Kier alpha value is -5.41. The van der Waals surface area contributed by atoms with Crippen LogP contribution in [0.5, 0.6) is 17.2 Å². The first-order valence-corrected chi connectivity index (χ1v) is 15.3. The second-order valence-corrected chi connectivity index (χ2v) is 11.3. The maximum absolute atomic E-state index is 13.4. The number of amides is 2. The SMILES string of the molecule is CC(Oc1ccccc1)C(=O)Nc1ccc(Br)cc1C(=O)NC(Cc1ccc(-c2ccccc2Oc2ccccc2)cc1)C(=O)O. The molecule has 0 aliphatic rings. The molecule has 9 heteroatoms. The number of nitrogens with one attached hydrogen (secondary N) is 2. The fourth-order valence-corrected chi connectivity index (χ4v) is 5.07. The highest BCUT2D eigenvalue weighted by molar-refractivity contribution is 9.10. The Morgan fingerprint density at radius 3 is 2.09 bits per heavy atom. The lowest BCUT2D eigenvalue weighted by Crippen LogP contribution is -2.42. The summed E-state index contributed by atoms with van der Waals surface area (Å²) in [5, 5.41) is 15.3. The van der Waals surface area contributed by atoms with Gasteiger partial charge in [0.2, 0.25) is 0 Å². The number of aliphatic carboxylic acids is 1. The number of halogens is 1. The second-order valence-electron chi connectivity index (χ2n) is 10.4. The summed E-state index contributed by atoms with van der Waals surface area (Å²) in [7, 11) is 0. The molecule has 0 aliphatic carbocycles. The van der Waals surface area contributed by atoms with E-state index in [-0.39, 0.29) is 17.7 Å². The van der Waals surface area contributed by atoms with E-state index in [1.54, 1.807) is 43.3 Å². The number of carboxylic acids is 1. The van der Waals surface area contributed by atoms with E-state index < -0.39 is 29.9 Å². The van der Waals surface area contributed by atoms with Gasteiger partial charge in [0, 0.05) is 16.5 Å². The quantitative estimate of drug-likeness (QED) is 0.124. The van der Waals surface area contributed by atoms with E-state index in [0.717, 1.165) is 16.9 Å². The van der Waals surface area contributed by atoms with Gasteiger partial charge in [-0.25, -0.2) is 4.79 Å². The Labute approximate surface area is 275 Å². The molecule has 8 nitrogen and oxygen atoms in total.